The van der Waals surface area contributed by atoms with Gasteiger partial charge in [-0.15, -0.1) is 0 Å². The van der Waals surface area contributed by atoms with Crippen LogP contribution in [-0.2, 0) is 22.5 Å². The third-order valence-electron chi connectivity index (χ3n) is 8.01. The van der Waals surface area contributed by atoms with E-state index in [0.717, 1.165) is 0 Å². The first kappa shape index (κ1) is 27.8. The summed E-state index contributed by atoms with van der Waals surface area (Å²) in [5.41, 5.74) is 0.692. The van der Waals surface area contributed by atoms with Crippen LogP contribution < -0.4 is 24.4 Å². The van der Waals surface area contributed by atoms with Crippen LogP contribution in [0.3, 0.4) is 0 Å². The van der Waals surface area contributed by atoms with Crippen molar-refractivity contribution in [1.29, 1.82) is 0 Å². The minimum atomic E-state index is -1.57. The highest BCUT2D eigenvalue weighted by Gasteiger charge is 2.48. The third-order valence-corrected chi connectivity index (χ3v) is 8.01. The Hall–Kier alpha value is -3.39. The predicted octanol–water partition coefficient (Wildman–Crippen LogP) is 1.27. The Morgan fingerprint density at radius 1 is 1.00 bits per heavy atom. The second-order valence-electron chi connectivity index (χ2n) is 10.9. The molecule has 0 amide bonds. The summed E-state index contributed by atoms with van der Waals surface area (Å²) < 4.78 is 40.8. The molecule has 1 saturated heterocycles. The molecular formula is C29H32O12. The topological polar surface area (TPSA) is 167 Å². The molecular weight excluding hydrogens is 540 g/mol. The lowest BCUT2D eigenvalue weighted by atomic mass is 9.94. The number of aliphatic hydroxyl groups is 4. The van der Waals surface area contributed by atoms with Gasteiger partial charge in [-0.2, -0.15) is 0 Å². The van der Waals surface area contributed by atoms with Gasteiger partial charge in [0.05, 0.1) is 31.8 Å². The van der Waals surface area contributed by atoms with Gasteiger partial charge >= 0.3 is 0 Å². The van der Waals surface area contributed by atoms with E-state index in [2.05, 4.69) is 0 Å². The third kappa shape index (κ3) is 4.42. The van der Waals surface area contributed by atoms with E-state index >= 15 is 0 Å². The van der Waals surface area contributed by atoms with Crippen LogP contribution in [0.15, 0.2) is 33.5 Å². The summed E-state index contributed by atoms with van der Waals surface area (Å²) in [6.45, 7) is 2.94. The van der Waals surface area contributed by atoms with Crippen LogP contribution in [0.2, 0.25) is 0 Å². The van der Waals surface area contributed by atoms with Crippen molar-refractivity contribution in [2.75, 3.05) is 20.8 Å². The summed E-state index contributed by atoms with van der Waals surface area (Å²) in [4.78, 5) is 13.8. The minimum Gasteiger partial charge on any atom is -0.493 e. The van der Waals surface area contributed by atoms with Crippen LogP contribution in [0.4, 0.5) is 0 Å². The van der Waals surface area contributed by atoms with Gasteiger partial charge in [0.25, 0.3) is 0 Å². The number of benzene rings is 2. The number of methoxy groups -OCH3 is 2. The number of ether oxygens (including phenoxy) is 6. The van der Waals surface area contributed by atoms with Gasteiger partial charge in [0.15, 0.2) is 23.5 Å². The van der Waals surface area contributed by atoms with Crippen LogP contribution in [0.5, 0.6) is 23.0 Å². The molecule has 1 aromatic heterocycles. The normalized spacial score (nSPS) is 26.9. The summed E-state index contributed by atoms with van der Waals surface area (Å²) >= 11 is 0. The maximum atomic E-state index is 13.8. The molecule has 0 aliphatic carbocycles. The van der Waals surface area contributed by atoms with E-state index in [1.54, 1.807) is 38.1 Å². The lowest BCUT2D eigenvalue weighted by Gasteiger charge is -2.43. The molecule has 0 unspecified atom stereocenters. The second kappa shape index (κ2) is 10.2. The van der Waals surface area contributed by atoms with Crippen molar-refractivity contribution in [1.82, 2.24) is 0 Å². The highest BCUT2D eigenvalue weighted by atomic mass is 16.7. The molecule has 12 heteroatoms. The molecule has 2 aromatic carbocycles. The molecule has 0 bridgehead atoms. The second-order valence-corrected chi connectivity index (χ2v) is 10.9. The van der Waals surface area contributed by atoms with E-state index in [-0.39, 0.29) is 12.0 Å². The Bertz CT molecular complexity index is 1540. The lowest BCUT2D eigenvalue weighted by Crippen LogP contribution is -2.61. The lowest BCUT2D eigenvalue weighted by molar-refractivity contribution is -0.329. The molecule has 12 nitrogen and oxygen atoms in total. The van der Waals surface area contributed by atoms with Crippen molar-refractivity contribution in [3.8, 4) is 34.1 Å². The van der Waals surface area contributed by atoms with Gasteiger partial charge in [-0.1, -0.05) is 0 Å². The van der Waals surface area contributed by atoms with Crippen LogP contribution in [-0.4, -0.2) is 83.7 Å². The number of fused-ring (bicyclic) bond motifs is 6. The Morgan fingerprint density at radius 3 is 2.44 bits per heavy atom. The molecule has 4 N–H and O–H groups in total. The van der Waals surface area contributed by atoms with Crippen molar-refractivity contribution in [3.05, 3.63) is 45.8 Å². The maximum Gasteiger partial charge on any atom is 0.201 e. The smallest absolute Gasteiger partial charge is 0.201 e. The van der Waals surface area contributed by atoms with Gasteiger partial charge in [-0.3, -0.25) is 4.79 Å². The van der Waals surface area contributed by atoms with Crippen molar-refractivity contribution in [2.45, 2.75) is 69.3 Å². The molecule has 6 rings (SSSR count). The van der Waals surface area contributed by atoms with E-state index < -0.39 is 49.0 Å². The average Bonchev–Trinajstić information content (AvgIpc) is 3.42. The molecule has 0 saturated carbocycles. The SMILES string of the molecule is COc1cc2c(cc1OC)-c1c(oc3c4c(ccc3c1=O)O[C@@H](C(C)(C)O[C@H]1O[C@@H](CO)[C@H](O)[C@H](O)[C@@H]1O)C4)CO2. The molecule has 3 aromatic rings. The van der Waals surface area contributed by atoms with Gasteiger partial charge in [-0.25, -0.2) is 0 Å². The molecule has 4 heterocycles. The van der Waals surface area contributed by atoms with E-state index in [1.807, 2.05) is 0 Å². The van der Waals surface area contributed by atoms with Gasteiger partial charge in [0.1, 0.15) is 59.8 Å². The Kier molecular flexibility index (Phi) is 6.88. The number of rotatable bonds is 6. The van der Waals surface area contributed by atoms with Gasteiger partial charge in [-0.05, 0) is 32.0 Å². The molecule has 41 heavy (non-hydrogen) atoms. The van der Waals surface area contributed by atoms with E-state index in [1.165, 1.54) is 14.2 Å². The minimum absolute atomic E-state index is 0.0443. The van der Waals surface area contributed by atoms with Gasteiger partial charge in [0.2, 0.25) is 5.43 Å². The fourth-order valence-corrected chi connectivity index (χ4v) is 5.64. The number of aliphatic hydroxyl groups excluding tert-OH is 4. The Labute approximate surface area is 234 Å². The van der Waals surface area contributed by atoms with Crippen LogP contribution in [0.25, 0.3) is 22.1 Å². The number of hydrogen-bond donors (Lipinski definition) is 4. The summed E-state index contributed by atoms with van der Waals surface area (Å²) in [6, 6.07) is 6.74. The molecule has 0 radical (unpaired) electrons. The average molecular weight is 573 g/mol. The summed E-state index contributed by atoms with van der Waals surface area (Å²) in [5, 5.41) is 40.6. The molecule has 220 valence electrons. The first-order valence-electron chi connectivity index (χ1n) is 13.2. The van der Waals surface area contributed by atoms with Crippen LogP contribution >= 0.6 is 0 Å². The first-order valence-corrected chi connectivity index (χ1v) is 13.2. The summed E-state index contributed by atoms with van der Waals surface area (Å²) in [6.07, 6.45) is -7.34. The van der Waals surface area contributed by atoms with E-state index in [4.69, 9.17) is 32.8 Å². The van der Waals surface area contributed by atoms with Crippen molar-refractivity contribution >= 4 is 11.0 Å². The van der Waals surface area contributed by atoms with E-state index in [9.17, 15) is 25.2 Å². The van der Waals surface area contributed by atoms with Crippen LogP contribution in [0, 0.1) is 0 Å². The zero-order chi connectivity index (χ0) is 29.2. The van der Waals surface area contributed by atoms with Gasteiger partial charge in [0, 0.05) is 23.6 Å². The van der Waals surface area contributed by atoms with Crippen molar-refractivity contribution < 1.29 is 53.3 Å². The van der Waals surface area contributed by atoms with Crippen molar-refractivity contribution in [2.24, 2.45) is 0 Å². The zero-order valence-electron chi connectivity index (χ0n) is 22.9. The van der Waals surface area contributed by atoms with Gasteiger partial charge < -0.3 is 53.3 Å². The van der Waals surface area contributed by atoms with E-state index in [0.29, 0.717) is 62.8 Å². The molecule has 0 spiro atoms. The molecule has 1 fully saturated rings. The molecule has 3 aliphatic rings. The Balaban J connectivity index is 1.32. The quantitative estimate of drug-likeness (QED) is 0.335. The maximum absolute atomic E-state index is 13.8. The largest absolute Gasteiger partial charge is 0.493 e. The number of hydrogen-bond acceptors (Lipinski definition) is 12. The highest BCUT2D eigenvalue weighted by Crippen LogP contribution is 2.45. The standard InChI is InChI=1S/C29H32O12/c1-29(2,41-28-26(34)25(33)24(32)19(10-30)40-28)21-8-14-15(38-21)6-5-12-23(31)22-13-7-17(35-3)18(36-4)9-16(13)37-11-20(22)39-27(12)14/h5-7,9,19,21,24-26,28,30,32-34H,8,10-11H2,1-4H3/t19-,21+,24-,25-,26-,28+/m0/s1. The fourth-order valence-electron chi connectivity index (χ4n) is 5.64. The fraction of sp³-hybridized carbons (Fsp3) is 0.483. The summed E-state index contributed by atoms with van der Waals surface area (Å²) in [5.74, 6) is 2.30. The first-order chi connectivity index (χ1) is 19.6. The molecule has 3 aliphatic heterocycles. The predicted molar refractivity (Wildman–Crippen MR) is 142 cm³/mol. The van der Waals surface area contributed by atoms with Crippen LogP contribution in [0.1, 0.15) is 25.2 Å². The van der Waals surface area contributed by atoms with Crippen molar-refractivity contribution in [3.63, 3.8) is 0 Å². The zero-order valence-corrected chi connectivity index (χ0v) is 22.9. The molecule has 6 atom stereocenters. The highest BCUT2D eigenvalue weighted by molar-refractivity contribution is 5.89. The monoisotopic (exact) mass is 572 g/mol. The summed E-state index contributed by atoms with van der Waals surface area (Å²) in [7, 11) is 3.04. The Morgan fingerprint density at radius 2 is 1.73 bits per heavy atom.